The van der Waals surface area contributed by atoms with Crippen molar-refractivity contribution in [2.24, 2.45) is 11.7 Å². The van der Waals surface area contributed by atoms with E-state index >= 15 is 0 Å². The third-order valence-electron chi connectivity index (χ3n) is 4.47. The summed E-state index contributed by atoms with van der Waals surface area (Å²) in [7, 11) is 0. The van der Waals surface area contributed by atoms with E-state index in [0.29, 0.717) is 12.5 Å². The number of rotatable bonds is 6. The summed E-state index contributed by atoms with van der Waals surface area (Å²) in [5.74, 6) is 0.331. The molecule has 1 aliphatic rings. The van der Waals surface area contributed by atoms with Gasteiger partial charge in [-0.15, -0.1) is 0 Å². The fraction of sp³-hybridized carbons (Fsp3) is 0.611. The van der Waals surface area contributed by atoms with Gasteiger partial charge < -0.3 is 16.0 Å². The standard InChI is InChI=1S/C18H29N3O/c1-15(14-21-11-7-4-8-12-21)13-20-17(22)18(2,19)16-9-5-3-6-10-16/h3,5-6,9-10,15H,4,7-8,11-14,19H2,1-2H3,(H,20,22). The number of nitrogens with zero attached hydrogens (tertiary/aromatic N) is 1. The minimum absolute atomic E-state index is 0.107. The highest BCUT2D eigenvalue weighted by Gasteiger charge is 2.30. The van der Waals surface area contributed by atoms with E-state index in [1.165, 1.54) is 32.4 Å². The van der Waals surface area contributed by atoms with Gasteiger partial charge in [0.15, 0.2) is 0 Å². The summed E-state index contributed by atoms with van der Waals surface area (Å²) in [5.41, 5.74) is 6.09. The molecule has 2 rings (SSSR count). The summed E-state index contributed by atoms with van der Waals surface area (Å²) < 4.78 is 0. The number of carbonyl (C=O) groups is 1. The second kappa shape index (κ2) is 7.75. The average molecular weight is 303 g/mol. The lowest BCUT2D eigenvalue weighted by Crippen LogP contribution is -2.50. The predicted molar refractivity (Wildman–Crippen MR) is 90.4 cm³/mol. The number of benzene rings is 1. The highest BCUT2D eigenvalue weighted by atomic mass is 16.2. The van der Waals surface area contributed by atoms with Gasteiger partial charge in [0.05, 0.1) is 0 Å². The van der Waals surface area contributed by atoms with Crippen molar-refractivity contribution in [3.8, 4) is 0 Å². The lowest BCUT2D eigenvalue weighted by molar-refractivity contribution is -0.126. The number of likely N-dealkylation sites (tertiary alicyclic amines) is 1. The van der Waals surface area contributed by atoms with Crippen molar-refractivity contribution in [3.05, 3.63) is 35.9 Å². The Morgan fingerprint density at radius 2 is 1.91 bits per heavy atom. The smallest absolute Gasteiger partial charge is 0.244 e. The van der Waals surface area contributed by atoms with Crippen LogP contribution in [0.2, 0.25) is 0 Å². The van der Waals surface area contributed by atoms with Gasteiger partial charge in [0, 0.05) is 13.1 Å². The Morgan fingerprint density at radius 1 is 1.27 bits per heavy atom. The van der Waals surface area contributed by atoms with Crippen LogP contribution in [0.15, 0.2) is 30.3 Å². The molecular weight excluding hydrogens is 274 g/mol. The first-order valence-corrected chi connectivity index (χ1v) is 8.35. The van der Waals surface area contributed by atoms with Gasteiger partial charge in [-0.25, -0.2) is 0 Å². The molecule has 1 fully saturated rings. The maximum absolute atomic E-state index is 12.4. The largest absolute Gasteiger partial charge is 0.354 e. The number of carbonyl (C=O) groups excluding carboxylic acids is 1. The second-order valence-corrected chi connectivity index (χ2v) is 6.74. The molecule has 1 amide bonds. The fourth-order valence-corrected chi connectivity index (χ4v) is 3.01. The molecule has 1 aliphatic heterocycles. The lowest BCUT2D eigenvalue weighted by Gasteiger charge is -2.30. The fourth-order valence-electron chi connectivity index (χ4n) is 3.01. The molecule has 22 heavy (non-hydrogen) atoms. The number of piperidine rings is 1. The maximum Gasteiger partial charge on any atom is 0.244 e. The van der Waals surface area contributed by atoms with Crippen molar-refractivity contribution in [3.63, 3.8) is 0 Å². The molecule has 1 aromatic rings. The van der Waals surface area contributed by atoms with Crippen LogP contribution >= 0.6 is 0 Å². The van der Waals surface area contributed by atoms with Gasteiger partial charge in [-0.3, -0.25) is 4.79 Å². The van der Waals surface area contributed by atoms with Gasteiger partial charge in [0.25, 0.3) is 0 Å². The molecule has 4 nitrogen and oxygen atoms in total. The number of amides is 1. The molecule has 2 unspecified atom stereocenters. The van der Waals surface area contributed by atoms with E-state index in [-0.39, 0.29) is 5.91 Å². The van der Waals surface area contributed by atoms with Crippen LogP contribution in [-0.4, -0.2) is 37.0 Å². The van der Waals surface area contributed by atoms with E-state index in [0.717, 1.165) is 12.1 Å². The molecule has 2 atom stereocenters. The van der Waals surface area contributed by atoms with Crippen LogP contribution in [0.1, 0.15) is 38.7 Å². The number of hydrogen-bond acceptors (Lipinski definition) is 3. The highest BCUT2D eigenvalue weighted by molar-refractivity contribution is 5.86. The third kappa shape index (κ3) is 4.55. The summed E-state index contributed by atoms with van der Waals surface area (Å²) in [6.07, 6.45) is 3.95. The van der Waals surface area contributed by atoms with Gasteiger partial charge in [-0.1, -0.05) is 43.7 Å². The Hall–Kier alpha value is -1.39. The summed E-state index contributed by atoms with van der Waals surface area (Å²) in [6, 6.07) is 9.55. The molecule has 1 saturated heterocycles. The summed E-state index contributed by atoms with van der Waals surface area (Å²) in [6.45, 7) is 8.06. The SMILES string of the molecule is CC(CNC(=O)C(C)(N)c1ccccc1)CN1CCCCC1. The van der Waals surface area contributed by atoms with E-state index in [4.69, 9.17) is 5.73 Å². The number of hydrogen-bond donors (Lipinski definition) is 2. The van der Waals surface area contributed by atoms with E-state index in [1.54, 1.807) is 6.92 Å². The van der Waals surface area contributed by atoms with Crippen LogP contribution in [0.3, 0.4) is 0 Å². The van der Waals surface area contributed by atoms with Gasteiger partial charge in [0.2, 0.25) is 5.91 Å². The van der Waals surface area contributed by atoms with Crippen LogP contribution < -0.4 is 11.1 Å². The van der Waals surface area contributed by atoms with E-state index in [1.807, 2.05) is 30.3 Å². The van der Waals surface area contributed by atoms with Crippen molar-refractivity contribution in [1.82, 2.24) is 10.2 Å². The summed E-state index contributed by atoms with van der Waals surface area (Å²) in [4.78, 5) is 14.9. The van der Waals surface area contributed by atoms with Crippen LogP contribution in [-0.2, 0) is 10.3 Å². The van der Waals surface area contributed by atoms with Crippen LogP contribution in [0.4, 0.5) is 0 Å². The quantitative estimate of drug-likeness (QED) is 0.846. The van der Waals surface area contributed by atoms with E-state index in [2.05, 4.69) is 17.1 Å². The van der Waals surface area contributed by atoms with Crippen molar-refractivity contribution in [1.29, 1.82) is 0 Å². The highest BCUT2D eigenvalue weighted by Crippen LogP contribution is 2.17. The number of nitrogens with one attached hydrogen (secondary N) is 1. The molecule has 4 heteroatoms. The molecule has 0 aromatic heterocycles. The Labute approximate surface area is 134 Å². The molecule has 1 heterocycles. The maximum atomic E-state index is 12.4. The summed E-state index contributed by atoms with van der Waals surface area (Å²) >= 11 is 0. The van der Waals surface area contributed by atoms with Crippen molar-refractivity contribution < 1.29 is 4.79 Å². The van der Waals surface area contributed by atoms with Gasteiger partial charge >= 0.3 is 0 Å². The topological polar surface area (TPSA) is 58.4 Å². The molecular formula is C18H29N3O. The average Bonchev–Trinajstić information content (AvgIpc) is 2.54. The zero-order valence-electron chi connectivity index (χ0n) is 13.8. The Kier molecular flexibility index (Phi) is 5.98. The molecule has 122 valence electrons. The molecule has 0 radical (unpaired) electrons. The second-order valence-electron chi connectivity index (χ2n) is 6.74. The van der Waals surface area contributed by atoms with Crippen LogP contribution in [0.25, 0.3) is 0 Å². The molecule has 0 bridgehead atoms. The first kappa shape index (κ1) is 17.0. The van der Waals surface area contributed by atoms with Gasteiger partial charge in [-0.05, 0) is 44.3 Å². The molecule has 3 N–H and O–H groups in total. The number of nitrogens with two attached hydrogens (primary N) is 1. The first-order valence-electron chi connectivity index (χ1n) is 8.35. The molecule has 0 spiro atoms. The predicted octanol–water partition coefficient (Wildman–Crippen LogP) is 2.10. The monoisotopic (exact) mass is 303 g/mol. The zero-order valence-corrected chi connectivity index (χ0v) is 13.8. The molecule has 0 saturated carbocycles. The van der Waals surface area contributed by atoms with Gasteiger partial charge in [-0.2, -0.15) is 0 Å². The van der Waals surface area contributed by atoms with Gasteiger partial charge in [0.1, 0.15) is 5.54 Å². The minimum atomic E-state index is -0.980. The Morgan fingerprint density at radius 3 is 2.55 bits per heavy atom. The van der Waals surface area contributed by atoms with Crippen molar-refractivity contribution in [2.75, 3.05) is 26.2 Å². The van der Waals surface area contributed by atoms with Crippen LogP contribution in [0.5, 0.6) is 0 Å². The van der Waals surface area contributed by atoms with E-state index in [9.17, 15) is 4.79 Å². The first-order chi connectivity index (χ1) is 10.5. The minimum Gasteiger partial charge on any atom is -0.354 e. The lowest BCUT2D eigenvalue weighted by atomic mass is 9.92. The molecule has 1 aromatic carbocycles. The Balaban J connectivity index is 1.81. The van der Waals surface area contributed by atoms with E-state index < -0.39 is 5.54 Å². The summed E-state index contributed by atoms with van der Waals surface area (Å²) in [5, 5.41) is 3.02. The Bertz CT molecular complexity index is 466. The van der Waals surface area contributed by atoms with Crippen molar-refractivity contribution >= 4 is 5.91 Å². The zero-order chi connectivity index (χ0) is 16.0. The van der Waals surface area contributed by atoms with Crippen LogP contribution in [0, 0.1) is 5.92 Å². The third-order valence-corrected chi connectivity index (χ3v) is 4.47. The molecule has 0 aliphatic carbocycles. The normalized spacial score (nSPS) is 20.1. The van der Waals surface area contributed by atoms with Crippen molar-refractivity contribution in [2.45, 2.75) is 38.6 Å².